The first kappa shape index (κ1) is 26.2. The molecule has 1 aliphatic carbocycles. The Hall–Kier alpha value is -2.46. The van der Waals surface area contributed by atoms with E-state index in [1.807, 2.05) is 6.92 Å². The summed E-state index contributed by atoms with van der Waals surface area (Å²) >= 11 is 0. The molecule has 1 saturated carbocycles. The Labute approximate surface area is 197 Å². The lowest BCUT2D eigenvalue weighted by Crippen LogP contribution is -2.46. The van der Waals surface area contributed by atoms with Gasteiger partial charge in [0.05, 0.1) is 17.0 Å². The number of halogens is 4. The molecule has 1 aliphatic rings. The second-order valence-electron chi connectivity index (χ2n) is 8.81. The molecule has 1 amide bonds. The summed E-state index contributed by atoms with van der Waals surface area (Å²) in [5.41, 5.74) is 0.266. The van der Waals surface area contributed by atoms with E-state index < -0.39 is 46.1 Å². The average Bonchev–Trinajstić information content (AvgIpc) is 2.72. The van der Waals surface area contributed by atoms with Crippen LogP contribution in [0, 0.1) is 26.6 Å². The first-order valence-electron chi connectivity index (χ1n) is 11.1. The van der Waals surface area contributed by atoms with Crippen molar-refractivity contribution in [1.82, 2.24) is 4.31 Å². The third kappa shape index (κ3) is 5.78. The van der Waals surface area contributed by atoms with Crippen molar-refractivity contribution in [3.05, 3.63) is 58.4 Å². The van der Waals surface area contributed by atoms with Crippen LogP contribution in [-0.4, -0.2) is 31.2 Å². The van der Waals surface area contributed by atoms with E-state index in [4.69, 9.17) is 0 Å². The van der Waals surface area contributed by atoms with Crippen LogP contribution in [0.2, 0.25) is 0 Å². The zero-order valence-corrected chi connectivity index (χ0v) is 20.1. The second kappa shape index (κ2) is 10.0. The van der Waals surface area contributed by atoms with E-state index in [1.165, 1.54) is 4.31 Å². The molecule has 0 bridgehead atoms. The predicted molar refractivity (Wildman–Crippen MR) is 121 cm³/mol. The van der Waals surface area contributed by atoms with E-state index in [2.05, 4.69) is 5.32 Å². The third-order valence-corrected chi connectivity index (χ3v) is 8.21. The smallest absolute Gasteiger partial charge is 0.325 e. The van der Waals surface area contributed by atoms with Gasteiger partial charge < -0.3 is 5.32 Å². The molecule has 5 nitrogen and oxygen atoms in total. The van der Waals surface area contributed by atoms with E-state index in [0.29, 0.717) is 36.1 Å². The summed E-state index contributed by atoms with van der Waals surface area (Å²) < 4.78 is 81.3. The highest BCUT2D eigenvalue weighted by atomic mass is 32.2. The van der Waals surface area contributed by atoms with Crippen molar-refractivity contribution in [3.63, 3.8) is 0 Å². The van der Waals surface area contributed by atoms with E-state index >= 15 is 0 Å². The molecule has 2 aromatic rings. The van der Waals surface area contributed by atoms with E-state index in [0.717, 1.165) is 30.9 Å². The number of hydrogen-bond donors (Lipinski definition) is 1. The molecule has 0 radical (unpaired) electrons. The van der Waals surface area contributed by atoms with Gasteiger partial charge in [-0.1, -0.05) is 37.0 Å². The normalized spacial score (nSPS) is 15.5. The number of amides is 1. The summed E-state index contributed by atoms with van der Waals surface area (Å²) in [4.78, 5) is 13.0. The highest BCUT2D eigenvalue weighted by molar-refractivity contribution is 7.89. The summed E-state index contributed by atoms with van der Waals surface area (Å²) in [6.07, 6.45) is -1.15. The molecule has 1 fully saturated rings. The Morgan fingerprint density at radius 3 is 2.18 bits per heavy atom. The number of carbonyl (C=O) groups excluding carboxylic acids is 1. The van der Waals surface area contributed by atoms with Gasteiger partial charge in [0.15, 0.2) is 0 Å². The number of aryl methyl sites for hydroxylation is 3. The van der Waals surface area contributed by atoms with Gasteiger partial charge in [-0.25, -0.2) is 12.8 Å². The quantitative estimate of drug-likeness (QED) is 0.515. The number of benzene rings is 2. The molecule has 0 spiro atoms. The van der Waals surface area contributed by atoms with Crippen LogP contribution in [0.3, 0.4) is 0 Å². The van der Waals surface area contributed by atoms with Crippen molar-refractivity contribution in [2.75, 3.05) is 11.9 Å². The largest absolute Gasteiger partial charge is 0.419 e. The fraction of sp³-hybridized carbons (Fsp3) is 0.458. The van der Waals surface area contributed by atoms with Gasteiger partial charge >= 0.3 is 6.18 Å². The fourth-order valence-electron chi connectivity index (χ4n) is 4.63. The Morgan fingerprint density at radius 2 is 1.62 bits per heavy atom. The van der Waals surface area contributed by atoms with Crippen molar-refractivity contribution >= 4 is 21.6 Å². The molecule has 2 aromatic carbocycles. The van der Waals surface area contributed by atoms with Gasteiger partial charge in [0, 0.05) is 11.7 Å². The van der Waals surface area contributed by atoms with E-state index in [-0.39, 0.29) is 10.6 Å². The van der Waals surface area contributed by atoms with E-state index in [9.17, 15) is 30.8 Å². The molecule has 0 atom stereocenters. The van der Waals surface area contributed by atoms with Gasteiger partial charge in [-0.2, -0.15) is 17.5 Å². The summed E-state index contributed by atoms with van der Waals surface area (Å²) in [5, 5.41) is 2.30. The van der Waals surface area contributed by atoms with Gasteiger partial charge in [-0.05, 0) is 62.9 Å². The number of anilines is 1. The zero-order chi connectivity index (χ0) is 25.3. The maximum absolute atomic E-state index is 13.8. The van der Waals surface area contributed by atoms with Crippen molar-refractivity contribution < 1.29 is 30.8 Å². The predicted octanol–water partition coefficient (Wildman–Crippen LogP) is 5.73. The van der Waals surface area contributed by atoms with E-state index in [1.54, 1.807) is 26.0 Å². The number of nitrogens with zero attached hydrogens (tertiary/aromatic N) is 1. The van der Waals surface area contributed by atoms with Gasteiger partial charge in [-0.15, -0.1) is 0 Å². The first-order chi connectivity index (χ1) is 15.8. The molecule has 0 heterocycles. The molecule has 10 heteroatoms. The van der Waals surface area contributed by atoms with Gasteiger partial charge in [0.2, 0.25) is 15.9 Å². The molecular formula is C24H28F4N2O3S. The van der Waals surface area contributed by atoms with Crippen LogP contribution in [0.1, 0.15) is 54.4 Å². The maximum atomic E-state index is 13.8. The van der Waals surface area contributed by atoms with Crippen LogP contribution in [0.25, 0.3) is 0 Å². The number of rotatable bonds is 6. The molecule has 1 N–H and O–H groups in total. The Bertz CT molecular complexity index is 1150. The number of hydrogen-bond acceptors (Lipinski definition) is 3. The number of alkyl halides is 3. The minimum absolute atomic E-state index is 0.137. The fourth-order valence-corrected chi connectivity index (χ4v) is 6.69. The lowest BCUT2D eigenvalue weighted by atomic mass is 9.95. The van der Waals surface area contributed by atoms with Gasteiger partial charge in [0.1, 0.15) is 5.82 Å². The number of nitrogens with one attached hydrogen (secondary N) is 1. The van der Waals surface area contributed by atoms with Crippen molar-refractivity contribution in [3.8, 4) is 0 Å². The Balaban J connectivity index is 1.93. The molecule has 3 rings (SSSR count). The lowest BCUT2D eigenvalue weighted by molar-refractivity contribution is -0.140. The molecule has 0 aliphatic heterocycles. The first-order valence-corrected chi connectivity index (χ1v) is 12.5. The van der Waals surface area contributed by atoms with Gasteiger partial charge in [0.25, 0.3) is 0 Å². The summed E-state index contributed by atoms with van der Waals surface area (Å²) in [7, 11) is -4.07. The summed E-state index contributed by atoms with van der Waals surface area (Å²) in [5.74, 6) is -2.25. The summed E-state index contributed by atoms with van der Waals surface area (Å²) in [6, 6.07) is 5.25. The SMILES string of the molecule is Cc1cc(C)c(S(=O)(=O)N(CC(=O)Nc2ccc(F)c(C(F)(F)F)c2)C2CCCCC2)c(C)c1. The second-order valence-corrected chi connectivity index (χ2v) is 10.6. The van der Waals surface area contributed by atoms with Crippen LogP contribution < -0.4 is 5.32 Å². The molecule has 0 unspecified atom stereocenters. The monoisotopic (exact) mass is 500 g/mol. The van der Waals surface area contributed by atoms with Crippen LogP contribution >= 0.6 is 0 Å². The molecule has 34 heavy (non-hydrogen) atoms. The van der Waals surface area contributed by atoms with Crippen molar-refractivity contribution in [1.29, 1.82) is 0 Å². The van der Waals surface area contributed by atoms with Crippen LogP contribution in [-0.2, 0) is 21.0 Å². The van der Waals surface area contributed by atoms with Gasteiger partial charge in [-0.3, -0.25) is 4.79 Å². The Morgan fingerprint density at radius 1 is 1.03 bits per heavy atom. The van der Waals surface area contributed by atoms with Crippen LogP contribution in [0.15, 0.2) is 35.2 Å². The molecule has 0 aromatic heterocycles. The van der Waals surface area contributed by atoms with Crippen molar-refractivity contribution in [2.45, 2.75) is 70.0 Å². The zero-order valence-electron chi connectivity index (χ0n) is 19.3. The van der Waals surface area contributed by atoms with Crippen LogP contribution in [0.4, 0.5) is 23.2 Å². The van der Waals surface area contributed by atoms with Crippen LogP contribution in [0.5, 0.6) is 0 Å². The third-order valence-electron chi connectivity index (χ3n) is 6.01. The minimum Gasteiger partial charge on any atom is -0.325 e. The minimum atomic E-state index is -4.93. The Kier molecular flexibility index (Phi) is 7.72. The topological polar surface area (TPSA) is 66.5 Å². The van der Waals surface area contributed by atoms with Crippen molar-refractivity contribution in [2.24, 2.45) is 0 Å². The number of carbonyl (C=O) groups is 1. The molecule has 186 valence electrons. The summed E-state index contributed by atoms with van der Waals surface area (Å²) in [6.45, 7) is 4.70. The standard InChI is InChI=1S/C24H28F4N2O3S/c1-15-11-16(2)23(17(3)12-15)34(32,33)30(19-7-5-4-6-8-19)14-22(31)29-18-9-10-21(25)20(13-18)24(26,27)28/h9-13,19H,4-8,14H2,1-3H3,(H,29,31). The molecule has 0 saturated heterocycles. The highest BCUT2D eigenvalue weighted by Crippen LogP contribution is 2.34. The molecular weight excluding hydrogens is 472 g/mol. The lowest BCUT2D eigenvalue weighted by Gasteiger charge is -2.33. The highest BCUT2D eigenvalue weighted by Gasteiger charge is 2.37. The maximum Gasteiger partial charge on any atom is 0.419 e. The number of sulfonamides is 1. The average molecular weight is 501 g/mol.